The highest BCUT2D eigenvalue weighted by Gasteiger charge is 2.24. The number of carbonyl (C=O) groups is 5. The van der Waals surface area contributed by atoms with Crippen molar-refractivity contribution < 1.29 is 43.7 Å². The summed E-state index contributed by atoms with van der Waals surface area (Å²) in [4.78, 5) is 61.5. The molecule has 0 radical (unpaired) electrons. The van der Waals surface area contributed by atoms with Gasteiger partial charge in [0.2, 0.25) is 5.91 Å². The number of carboxylic acid groups (broad SMARTS) is 2. The van der Waals surface area contributed by atoms with E-state index in [1.807, 2.05) is 5.32 Å². The Balaban J connectivity index is 1.88. The molecule has 1 atom stereocenters. The first kappa shape index (κ1) is 27.1. The van der Waals surface area contributed by atoms with Gasteiger partial charge in [-0.3, -0.25) is 14.4 Å². The van der Waals surface area contributed by atoms with Gasteiger partial charge >= 0.3 is 24.0 Å². The Kier molecular flexibility index (Phi) is 9.73. The van der Waals surface area contributed by atoms with Crippen LogP contribution in [0, 0.1) is 0 Å². The number of aliphatic imine (C=N–C) groups is 1. The monoisotopic (exact) mass is 501 g/mol. The van der Waals surface area contributed by atoms with Crippen molar-refractivity contribution in [1.82, 2.24) is 10.6 Å². The molecule has 2 amide bonds. The van der Waals surface area contributed by atoms with Crippen molar-refractivity contribution in [1.29, 1.82) is 0 Å². The van der Waals surface area contributed by atoms with Crippen molar-refractivity contribution in [3.05, 3.63) is 59.7 Å². The van der Waals surface area contributed by atoms with E-state index < -0.39 is 48.9 Å². The van der Waals surface area contributed by atoms with E-state index in [9.17, 15) is 24.0 Å². The first-order valence-corrected chi connectivity index (χ1v) is 10.2. The number of benzene rings is 2. The van der Waals surface area contributed by atoms with Gasteiger partial charge in [-0.05, 0) is 42.0 Å². The molecule has 36 heavy (non-hydrogen) atoms. The number of guanidine groups is 1. The van der Waals surface area contributed by atoms with Crippen molar-refractivity contribution in [3.8, 4) is 5.75 Å². The lowest BCUT2D eigenvalue weighted by Crippen LogP contribution is -2.49. The number of carboxylic acids is 2. The molecular weight excluding hydrogens is 478 g/mol. The maximum absolute atomic E-state index is 12.3. The fraction of sp³-hybridized carbons (Fsp3) is 0.182. The third-order valence-electron chi connectivity index (χ3n) is 4.27. The van der Waals surface area contributed by atoms with Gasteiger partial charge in [0.25, 0.3) is 0 Å². The average molecular weight is 501 g/mol. The Bertz CT molecular complexity index is 1140. The second-order valence-electron chi connectivity index (χ2n) is 7.10. The summed E-state index contributed by atoms with van der Waals surface area (Å²) in [5.41, 5.74) is 11.8. The minimum Gasteiger partial charge on any atom is -0.481 e. The van der Waals surface area contributed by atoms with Gasteiger partial charge in [-0.2, -0.15) is 0 Å². The summed E-state index contributed by atoms with van der Waals surface area (Å²) in [7, 11) is 0. The molecule has 0 aliphatic carbocycles. The molecule has 0 aliphatic heterocycles. The molecule has 0 aliphatic rings. The van der Waals surface area contributed by atoms with Crippen LogP contribution in [0.2, 0.25) is 0 Å². The third-order valence-corrected chi connectivity index (χ3v) is 4.27. The number of esters is 1. The third kappa shape index (κ3) is 9.38. The van der Waals surface area contributed by atoms with E-state index in [2.05, 4.69) is 10.3 Å². The number of hydrogen-bond donors (Lipinski definition) is 6. The van der Waals surface area contributed by atoms with Gasteiger partial charge in [-0.15, -0.1) is 0 Å². The highest BCUT2D eigenvalue weighted by molar-refractivity contribution is 5.92. The molecule has 8 N–H and O–H groups in total. The van der Waals surface area contributed by atoms with Crippen LogP contribution in [0.4, 0.5) is 10.5 Å². The predicted octanol–water partition coefficient (Wildman–Crippen LogP) is 0.0810. The minimum atomic E-state index is -1.54. The number of nitrogens with one attached hydrogen (secondary N) is 2. The minimum absolute atomic E-state index is 0.117. The summed E-state index contributed by atoms with van der Waals surface area (Å²) >= 11 is 0. The number of aliphatic carboxylic acids is 2. The topological polar surface area (TPSA) is 233 Å². The fourth-order valence-corrected chi connectivity index (χ4v) is 2.64. The number of carbonyl (C=O) groups excluding carboxylic acids is 3. The molecule has 2 rings (SSSR count). The van der Waals surface area contributed by atoms with E-state index >= 15 is 0 Å². The number of nitrogens with two attached hydrogens (primary N) is 2. The lowest BCUT2D eigenvalue weighted by atomic mass is 10.2. The molecule has 14 nitrogen and oxygen atoms in total. The SMILES string of the molecule is NC(N)=Nc1ccc(C(=O)Oc2ccc(COC(=O)NC(CC(=O)O)C(=O)NCC(=O)O)cc2)cc1. The summed E-state index contributed by atoms with van der Waals surface area (Å²) in [5.74, 6) is -4.24. The van der Waals surface area contributed by atoms with Gasteiger partial charge in [-0.25, -0.2) is 14.6 Å². The Morgan fingerprint density at radius 1 is 0.917 bits per heavy atom. The molecule has 0 saturated carbocycles. The summed E-state index contributed by atoms with van der Waals surface area (Å²) in [6.45, 7) is -0.991. The highest BCUT2D eigenvalue weighted by atomic mass is 16.5. The zero-order chi connectivity index (χ0) is 26.7. The Hall–Kier alpha value is -5.14. The average Bonchev–Trinajstić information content (AvgIpc) is 2.81. The van der Waals surface area contributed by atoms with Crippen LogP contribution in [-0.4, -0.2) is 58.7 Å². The van der Waals surface area contributed by atoms with Crippen LogP contribution < -0.4 is 26.8 Å². The van der Waals surface area contributed by atoms with Crippen LogP contribution >= 0.6 is 0 Å². The van der Waals surface area contributed by atoms with E-state index in [-0.39, 0.29) is 23.9 Å². The van der Waals surface area contributed by atoms with Crippen molar-refractivity contribution in [2.24, 2.45) is 16.5 Å². The van der Waals surface area contributed by atoms with Crippen molar-refractivity contribution in [2.75, 3.05) is 6.54 Å². The number of ether oxygens (including phenoxy) is 2. The van der Waals surface area contributed by atoms with Crippen LogP contribution in [0.1, 0.15) is 22.3 Å². The first-order valence-electron chi connectivity index (χ1n) is 10.2. The van der Waals surface area contributed by atoms with Gasteiger partial charge in [0.15, 0.2) is 5.96 Å². The van der Waals surface area contributed by atoms with Crippen LogP contribution in [0.3, 0.4) is 0 Å². The maximum atomic E-state index is 12.3. The Morgan fingerprint density at radius 2 is 1.56 bits per heavy atom. The van der Waals surface area contributed by atoms with E-state index in [1.54, 1.807) is 12.1 Å². The molecule has 190 valence electrons. The standard InChI is InChI=1S/C22H23N5O9/c23-21(24)26-14-5-3-13(4-6-14)20(33)36-15-7-1-12(2-8-15)11-35-22(34)27-16(9-17(28)29)19(32)25-10-18(30)31/h1-8,16H,9-11H2,(H,25,32)(H,27,34)(H,28,29)(H,30,31)(H4,23,24,26). The van der Waals surface area contributed by atoms with E-state index in [0.717, 1.165) is 0 Å². The molecule has 1 unspecified atom stereocenters. The fourth-order valence-electron chi connectivity index (χ4n) is 2.64. The molecule has 2 aromatic rings. The maximum Gasteiger partial charge on any atom is 0.408 e. The summed E-state index contributed by atoms with van der Waals surface area (Å²) < 4.78 is 10.2. The molecule has 2 aromatic carbocycles. The molecule has 0 fully saturated rings. The lowest BCUT2D eigenvalue weighted by molar-refractivity contribution is -0.140. The molecule has 0 bridgehead atoms. The summed E-state index contributed by atoms with van der Waals surface area (Å²) in [6, 6.07) is 10.5. The first-order chi connectivity index (χ1) is 17.0. The normalized spacial score (nSPS) is 10.9. The summed E-state index contributed by atoms with van der Waals surface area (Å²) in [6.07, 6.45) is -1.87. The van der Waals surface area contributed by atoms with Crippen molar-refractivity contribution in [2.45, 2.75) is 19.1 Å². The Labute approximate surface area is 203 Å². The zero-order valence-corrected chi connectivity index (χ0v) is 18.7. The van der Waals surface area contributed by atoms with Gasteiger partial charge in [0.1, 0.15) is 24.9 Å². The van der Waals surface area contributed by atoms with Crippen LogP contribution in [-0.2, 0) is 25.7 Å². The van der Waals surface area contributed by atoms with E-state index in [0.29, 0.717) is 11.3 Å². The number of rotatable bonds is 11. The second kappa shape index (κ2) is 12.9. The quantitative estimate of drug-likeness (QED) is 0.104. The number of alkyl carbamates (subject to hydrolysis) is 1. The molecular formula is C22H23N5O9. The second-order valence-corrected chi connectivity index (χ2v) is 7.10. The van der Waals surface area contributed by atoms with Gasteiger partial charge < -0.3 is 41.8 Å². The highest BCUT2D eigenvalue weighted by Crippen LogP contribution is 2.17. The number of nitrogens with zero attached hydrogens (tertiary/aromatic N) is 1. The number of amides is 2. The van der Waals surface area contributed by atoms with Gasteiger partial charge in [0.05, 0.1) is 17.7 Å². The zero-order valence-electron chi connectivity index (χ0n) is 18.7. The lowest BCUT2D eigenvalue weighted by Gasteiger charge is -2.16. The van der Waals surface area contributed by atoms with Crippen molar-refractivity contribution in [3.63, 3.8) is 0 Å². The molecule has 0 aromatic heterocycles. The Morgan fingerprint density at radius 3 is 2.11 bits per heavy atom. The molecule has 14 heteroatoms. The van der Waals surface area contributed by atoms with Crippen LogP contribution in [0.5, 0.6) is 5.75 Å². The number of hydrogen-bond acceptors (Lipinski definition) is 8. The van der Waals surface area contributed by atoms with Crippen LogP contribution in [0.25, 0.3) is 0 Å². The van der Waals surface area contributed by atoms with E-state index in [4.69, 9.17) is 31.2 Å². The van der Waals surface area contributed by atoms with Gasteiger partial charge in [-0.1, -0.05) is 12.1 Å². The molecule has 0 spiro atoms. The molecule has 0 heterocycles. The van der Waals surface area contributed by atoms with Crippen LogP contribution in [0.15, 0.2) is 53.5 Å². The largest absolute Gasteiger partial charge is 0.481 e. The van der Waals surface area contributed by atoms with E-state index in [1.165, 1.54) is 36.4 Å². The smallest absolute Gasteiger partial charge is 0.408 e. The van der Waals surface area contributed by atoms with Crippen molar-refractivity contribution >= 4 is 41.6 Å². The molecule has 0 saturated heterocycles. The predicted molar refractivity (Wildman–Crippen MR) is 123 cm³/mol. The van der Waals surface area contributed by atoms with Gasteiger partial charge in [0, 0.05) is 0 Å². The summed E-state index contributed by atoms with van der Waals surface area (Å²) in [5, 5.41) is 21.5.